The summed E-state index contributed by atoms with van der Waals surface area (Å²) in [7, 11) is 0. The van der Waals surface area contributed by atoms with Gasteiger partial charge in [0.2, 0.25) is 0 Å². The van der Waals surface area contributed by atoms with Gasteiger partial charge in [-0.15, -0.1) is 0 Å². The minimum Gasteiger partial charge on any atom is -0.330 e. The van der Waals surface area contributed by atoms with Gasteiger partial charge in [0, 0.05) is 32.2 Å². The molecule has 1 unspecified atom stereocenters. The molecule has 3 heteroatoms. The Morgan fingerprint density at radius 1 is 1.12 bits per heavy atom. The van der Waals surface area contributed by atoms with Crippen LogP contribution in [0.3, 0.4) is 0 Å². The van der Waals surface area contributed by atoms with Gasteiger partial charge in [-0.1, -0.05) is 20.3 Å². The Balaban J connectivity index is 2.24. The van der Waals surface area contributed by atoms with Gasteiger partial charge in [0.05, 0.1) is 0 Å². The molecule has 0 aromatic heterocycles. The molecule has 1 saturated heterocycles. The lowest BCUT2D eigenvalue weighted by molar-refractivity contribution is 0.0903. The van der Waals surface area contributed by atoms with Crippen molar-refractivity contribution in [2.75, 3.05) is 39.3 Å². The van der Waals surface area contributed by atoms with Crippen molar-refractivity contribution in [2.24, 2.45) is 5.73 Å². The van der Waals surface area contributed by atoms with E-state index in [-0.39, 0.29) is 0 Å². The zero-order valence-corrected chi connectivity index (χ0v) is 11.1. The molecule has 0 saturated carbocycles. The summed E-state index contributed by atoms with van der Waals surface area (Å²) in [6.45, 7) is 11.6. The van der Waals surface area contributed by atoms with Crippen LogP contribution in [-0.4, -0.2) is 55.1 Å². The van der Waals surface area contributed by atoms with E-state index in [4.69, 9.17) is 5.73 Å². The van der Waals surface area contributed by atoms with E-state index in [9.17, 15) is 0 Å². The summed E-state index contributed by atoms with van der Waals surface area (Å²) >= 11 is 0. The highest BCUT2D eigenvalue weighted by Gasteiger charge is 2.21. The highest BCUT2D eigenvalue weighted by atomic mass is 15.3. The highest BCUT2D eigenvalue weighted by molar-refractivity contribution is 4.78. The normalized spacial score (nSPS) is 21.2. The van der Waals surface area contributed by atoms with Crippen LogP contribution in [0.15, 0.2) is 0 Å². The maximum absolute atomic E-state index is 5.67. The smallest absolute Gasteiger partial charge is 0.0113 e. The van der Waals surface area contributed by atoms with Gasteiger partial charge in [0.15, 0.2) is 0 Å². The standard InChI is InChI=1S/C13H29N3/c1-3-5-8-15-9-11-16(12-10-15)13(4-2)6-7-14/h13H,3-12,14H2,1-2H3. The molecule has 0 radical (unpaired) electrons. The Morgan fingerprint density at radius 3 is 2.31 bits per heavy atom. The average Bonchev–Trinajstić information content (AvgIpc) is 2.34. The first kappa shape index (κ1) is 13.9. The van der Waals surface area contributed by atoms with Crippen LogP contribution in [0.25, 0.3) is 0 Å². The maximum Gasteiger partial charge on any atom is 0.0113 e. The van der Waals surface area contributed by atoms with E-state index < -0.39 is 0 Å². The van der Waals surface area contributed by atoms with E-state index in [1.807, 2.05) is 0 Å². The molecule has 0 aromatic rings. The summed E-state index contributed by atoms with van der Waals surface area (Å²) in [5.41, 5.74) is 5.67. The van der Waals surface area contributed by atoms with Gasteiger partial charge < -0.3 is 10.6 Å². The zero-order valence-electron chi connectivity index (χ0n) is 11.1. The fraction of sp³-hybridized carbons (Fsp3) is 1.00. The van der Waals surface area contributed by atoms with Crippen LogP contribution in [0.5, 0.6) is 0 Å². The van der Waals surface area contributed by atoms with Crippen LogP contribution in [0.1, 0.15) is 39.5 Å². The van der Waals surface area contributed by atoms with Gasteiger partial charge in [-0.05, 0) is 32.4 Å². The molecule has 2 N–H and O–H groups in total. The van der Waals surface area contributed by atoms with Crippen molar-refractivity contribution in [3.05, 3.63) is 0 Å². The lowest BCUT2D eigenvalue weighted by atomic mass is 10.1. The molecule has 1 aliphatic heterocycles. The van der Waals surface area contributed by atoms with E-state index >= 15 is 0 Å². The molecule has 0 bridgehead atoms. The molecular formula is C13H29N3. The molecule has 1 rings (SSSR count). The molecule has 1 aliphatic rings. The number of rotatable bonds is 7. The first-order valence-corrected chi connectivity index (χ1v) is 6.98. The van der Waals surface area contributed by atoms with E-state index in [2.05, 4.69) is 23.6 Å². The van der Waals surface area contributed by atoms with Crippen LogP contribution in [-0.2, 0) is 0 Å². The molecule has 1 heterocycles. The number of hydrogen-bond acceptors (Lipinski definition) is 3. The van der Waals surface area contributed by atoms with Crippen LogP contribution in [0.2, 0.25) is 0 Å². The first-order valence-electron chi connectivity index (χ1n) is 6.98. The molecule has 0 amide bonds. The maximum atomic E-state index is 5.67. The third kappa shape index (κ3) is 4.40. The highest BCUT2D eigenvalue weighted by Crippen LogP contribution is 2.12. The summed E-state index contributed by atoms with van der Waals surface area (Å²) < 4.78 is 0. The average molecular weight is 227 g/mol. The molecule has 1 fully saturated rings. The number of hydrogen-bond donors (Lipinski definition) is 1. The molecule has 1 atom stereocenters. The number of nitrogens with zero attached hydrogens (tertiary/aromatic N) is 2. The third-order valence-corrected chi connectivity index (χ3v) is 3.72. The topological polar surface area (TPSA) is 32.5 Å². The Bertz CT molecular complexity index is 165. The zero-order chi connectivity index (χ0) is 11.8. The van der Waals surface area contributed by atoms with Crippen molar-refractivity contribution >= 4 is 0 Å². The summed E-state index contributed by atoms with van der Waals surface area (Å²) in [4.78, 5) is 5.24. The molecule has 0 aromatic carbocycles. The molecule has 0 spiro atoms. The molecule has 3 nitrogen and oxygen atoms in total. The minimum atomic E-state index is 0.721. The number of unbranched alkanes of at least 4 members (excludes halogenated alkanes) is 1. The summed E-state index contributed by atoms with van der Waals surface area (Å²) in [6.07, 6.45) is 5.06. The minimum absolute atomic E-state index is 0.721. The van der Waals surface area contributed by atoms with Crippen molar-refractivity contribution in [1.29, 1.82) is 0 Å². The Labute approximate surface area is 101 Å². The van der Waals surface area contributed by atoms with Crippen LogP contribution in [0, 0.1) is 0 Å². The van der Waals surface area contributed by atoms with E-state index in [1.165, 1.54) is 52.0 Å². The largest absolute Gasteiger partial charge is 0.330 e. The van der Waals surface area contributed by atoms with Gasteiger partial charge in [0.1, 0.15) is 0 Å². The molecular weight excluding hydrogens is 198 g/mol. The van der Waals surface area contributed by atoms with E-state index in [0.29, 0.717) is 0 Å². The summed E-state index contributed by atoms with van der Waals surface area (Å²) in [5, 5.41) is 0. The molecule has 16 heavy (non-hydrogen) atoms. The second kappa shape index (κ2) is 8.04. The fourth-order valence-corrected chi connectivity index (χ4v) is 2.57. The SMILES string of the molecule is CCCCN1CCN(C(CC)CCN)CC1. The van der Waals surface area contributed by atoms with Crippen LogP contribution < -0.4 is 5.73 Å². The van der Waals surface area contributed by atoms with Gasteiger partial charge in [-0.25, -0.2) is 0 Å². The van der Waals surface area contributed by atoms with Crippen molar-refractivity contribution < 1.29 is 0 Å². The van der Waals surface area contributed by atoms with Gasteiger partial charge in [-0.3, -0.25) is 4.90 Å². The van der Waals surface area contributed by atoms with Gasteiger partial charge >= 0.3 is 0 Å². The number of piperazine rings is 1. The van der Waals surface area contributed by atoms with Crippen LogP contribution in [0.4, 0.5) is 0 Å². The Morgan fingerprint density at radius 2 is 1.81 bits per heavy atom. The van der Waals surface area contributed by atoms with Crippen LogP contribution >= 0.6 is 0 Å². The van der Waals surface area contributed by atoms with Crippen molar-refractivity contribution in [1.82, 2.24) is 9.80 Å². The summed E-state index contributed by atoms with van der Waals surface area (Å²) in [6, 6.07) is 0.721. The number of nitrogens with two attached hydrogens (primary N) is 1. The third-order valence-electron chi connectivity index (χ3n) is 3.72. The predicted molar refractivity (Wildman–Crippen MR) is 70.7 cm³/mol. The van der Waals surface area contributed by atoms with Crippen molar-refractivity contribution in [2.45, 2.75) is 45.6 Å². The first-order chi connectivity index (χ1) is 7.81. The second-order valence-corrected chi connectivity index (χ2v) is 4.87. The quantitative estimate of drug-likeness (QED) is 0.716. The van der Waals surface area contributed by atoms with Crippen molar-refractivity contribution in [3.63, 3.8) is 0 Å². The Hall–Kier alpha value is -0.120. The monoisotopic (exact) mass is 227 g/mol. The van der Waals surface area contributed by atoms with E-state index in [1.54, 1.807) is 0 Å². The lowest BCUT2D eigenvalue weighted by Crippen LogP contribution is -2.50. The van der Waals surface area contributed by atoms with Crippen molar-refractivity contribution in [3.8, 4) is 0 Å². The van der Waals surface area contributed by atoms with Gasteiger partial charge in [-0.2, -0.15) is 0 Å². The molecule has 0 aliphatic carbocycles. The van der Waals surface area contributed by atoms with E-state index in [0.717, 1.165) is 19.0 Å². The lowest BCUT2D eigenvalue weighted by Gasteiger charge is -2.39. The fourth-order valence-electron chi connectivity index (χ4n) is 2.57. The summed E-state index contributed by atoms with van der Waals surface area (Å²) in [5.74, 6) is 0. The Kier molecular flexibility index (Phi) is 7.01. The predicted octanol–water partition coefficient (Wildman–Crippen LogP) is 1.53. The van der Waals surface area contributed by atoms with Gasteiger partial charge in [0.25, 0.3) is 0 Å². The molecule has 96 valence electrons. The second-order valence-electron chi connectivity index (χ2n) is 4.87.